The van der Waals surface area contributed by atoms with Crippen LogP contribution in [-0.2, 0) is 4.79 Å². The Morgan fingerprint density at radius 1 is 1.38 bits per heavy atom. The molecule has 0 spiro atoms. The minimum atomic E-state index is -0.110. The fourth-order valence-electron chi connectivity index (χ4n) is 2.91. The molecule has 0 aromatic carbocycles. The van der Waals surface area contributed by atoms with Crippen LogP contribution < -0.4 is 5.32 Å². The van der Waals surface area contributed by atoms with Gasteiger partial charge in [0.25, 0.3) is 0 Å². The zero-order valence-electron chi connectivity index (χ0n) is 13.9. The fraction of sp³-hybridized carbons (Fsp3) is 0.688. The molecule has 21 heavy (non-hydrogen) atoms. The second-order valence-electron chi connectivity index (χ2n) is 6.56. The van der Waals surface area contributed by atoms with E-state index in [-0.39, 0.29) is 24.2 Å². The van der Waals surface area contributed by atoms with E-state index in [0.717, 1.165) is 6.54 Å². The Kier molecular flexibility index (Phi) is 5.07. The minimum absolute atomic E-state index is 0.0125. The molecule has 1 N–H and O–H groups in total. The molecule has 1 saturated heterocycles. The van der Waals surface area contributed by atoms with Gasteiger partial charge in [-0.1, -0.05) is 13.8 Å². The predicted molar refractivity (Wildman–Crippen MR) is 88.4 cm³/mol. The van der Waals surface area contributed by atoms with Crippen molar-refractivity contribution in [3.8, 4) is 0 Å². The normalized spacial score (nSPS) is 24.4. The number of thiophene rings is 1. The standard InChI is InChI=1S/C16H27N3OS/c1-10(2)13(9-18(5)6)19-15(17-12(4)16(19)20)14-8-7-11(3)21-14/h7-8,10,12-13,15,17H,9H2,1-6H3. The predicted octanol–water partition coefficient (Wildman–Crippen LogP) is 2.46. The molecule has 3 unspecified atom stereocenters. The van der Waals surface area contributed by atoms with Crippen LogP contribution in [0.5, 0.6) is 0 Å². The number of nitrogens with zero attached hydrogens (tertiary/aromatic N) is 2. The van der Waals surface area contributed by atoms with E-state index in [1.165, 1.54) is 9.75 Å². The lowest BCUT2D eigenvalue weighted by atomic mass is 10.0. The molecule has 3 atom stereocenters. The number of aryl methyl sites for hydroxylation is 1. The van der Waals surface area contributed by atoms with Crippen molar-refractivity contribution in [1.29, 1.82) is 0 Å². The number of amides is 1. The first kappa shape index (κ1) is 16.5. The third-order valence-corrected chi connectivity index (χ3v) is 5.07. The highest BCUT2D eigenvalue weighted by molar-refractivity contribution is 7.12. The van der Waals surface area contributed by atoms with E-state index in [9.17, 15) is 4.79 Å². The summed E-state index contributed by atoms with van der Waals surface area (Å²) >= 11 is 1.77. The van der Waals surface area contributed by atoms with E-state index in [1.54, 1.807) is 11.3 Å². The monoisotopic (exact) mass is 309 g/mol. The summed E-state index contributed by atoms with van der Waals surface area (Å²) in [5, 5.41) is 3.46. The van der Waals surface area contributed by atoms with Gasteiger partial charge in [0.05, 0.1) is 6.04 Å². The molecule has 1 aromatic rings. The van der Waals surface area contributed by atoms with Crippen LogP contribution in [0.2, 0.25) is 0 Å². The van der Waals surface area contributed by atoms with Crippen molar-refractivity contribution in [2.75, 3.05) is 20.6 Å². The minimum Gasteiger partial charge on any atom is -0.316 e. The molecule has 0 bridgehead atoms. The quantitative estimate of drug-likeness (QED) is 0.907. The molecule has 2 heterocycles. The van der Waals surface area contributed by atoms with Crippen LogP contribution >= 0.6 is 11.3 Å². The summed E-state index contributed by atoms with van der Waals surface area (Å²) in [5.74, 6) is 0.638. The number of nitrogens with one attached hydrogen (secondary N) is 1. The van der Waals surface area contributed by atoms with Crippen molar-refractivity contribution in [1.82, 2.24) is 15.1 Å². The number of carbonyl (C=O) groups is 1. The first-order chi connectivity index (χ1) is 9.81. The second-order valence-corrected chi connectivity index (χ2v) is 7.88. The first-order valence-corrected chi connectivity index (χ1v) is 8.42. The van der Waals surface area contributed by atoms with Gasteiger partial charge in [0.2, 0.25) is 5.91 Å². The van der Waals surface area contributed by atoms with Gasteiger partial charge < -0.3 is 9.80 Å². The van der Waals surface area contributed by atoms with Crippen molar-refractivity contribution in [3.63, 3.8) is 0 Å². The molecule has 1 fully saturated rings. The Balaban J connectivity index is 2.32. The van der Waals surface area contributed by atoms with Gasteiger partial charge in [-0.05, 0) is 46.0 Å². The van der Waals surface area contributed by atoms with Crippen LogP contribution in [-0.4, -0.2) is 48.4 Å². The van der Waals surface area contributed by atoms with E-state index in [4.69, 9.17) is 0 Å². The summed E-state index contributed by atoms with van der Waals surface area (Å²) in [6, 6.07) is 4.38. The van der Waals surface area contributed by atoms with Gasteiger partial charge in [-0.15, -0.1) is 11.3 Å². The number of hydrogen-bond donors (Lipinski definition) is 1. The van der Waals surface area contributed by atoms with E-state index in [2.05, 4.69) is 62.1 Å². The van der Waals surface area contributed by atoms with Crippen molar-refractivity contribution in [2.24, 2.45) is 5.92 Å². The van der Waals surface area contributed by atoms with Crippen LogP contribution in [0.1, 0.15) is 36.7 Å². The molecular formula is C16H27N3OS. The Hall–Kier alpha value is -0.910. The van der Waals surface area contributed by atoms with E-state index in [0.29, 0.717) is 5.92 Å². The van der Waals surface area contributed by atoms with Crippen molar-refractivity contribution >= 4 is 17.2 Å². The van der Waals surface area contributed by atoms with Crippen LogP contribution in [0, 0.1) is 12.8 Å². The van der Waals surface area contributed by atoms with Gasteiger partial charge in [-0.25, -0.2) is 0 Å². The molecule has 0 saturated carbocycles. The highest BCUT2D eigenvalue weighted by atomic mass is 32.1. The van der Waals surface area contributed by atoms with Gasteiger partial charge in [-0.3, -0.25) is 10.1 Å². The molecule has 118 valence electrons. The van der Waals surface area contributed by atoms with Gasteiger partial charge in [0.15, 0.2) is 0 Å². The molecule has 0 aliphatic carbocycles. The summed E-state index contributed by atoms with van der Waals surface area (Å²) in [7, 11) is 4.13. The van der Waals surface area contributed by atoms with E-state index in [1.807, 2.05) is 6.92 Å². The first-order valence-electron chi connectivity index (χ1n) is 7.60. The zero-order valence-corrected chi connectivity index (χ0v) is 14.7. The van der Waals surface area contributed by atoms with Crippen LogP contribution in [0.25, 0.3) is 0 Å². The lowest BCUT2D eigenvalue weighted by Gasteiger charge is -2.36. The van der Waals surface area contributed by atoms with Crippen molar-refractivity contribution < 1.29 is 4.79 Å². The Bertz CT molecular complexity index is 497. The van der Waals surface area contributed by atoms with Crippen LogP contribution in [0.15, 0.2) is 12.1 Å². The van der Waals surface area contributed by atoms with Crippen LogP contribution in [0.4, 0.5) is 0 Å². The Morgan fingerprint density at radius 2 is 2.05 bits per heavy atom. The van der Waals surface area contributed by atoms with Crippen molar-refractivity contribution in [3.05, 3.63) is 21.9 Å². The Labute approximate surface area is 132 Å². The SMILES string of the molecule is Cc1ccc(C2NC(C)C(=O)N2C(CN(C)C)C(C)C)s1. The average molecular weight is 309 g/mol. The lowest BCUT2D eigenvalue weighted by Crippen LogP contribution is -2.48. The molecular weight excluding hydrogens is 282 g/mol. The third kappa shape index (κ3) is 3.47. The molecule has 1 aliphatic rings. The molecule has 0 radical (unpaired) electrons. The van der Waals surface area contributed by atoms with Gasteiger partial charge in [0.1, 0.15) is 6.17 Å². The smallest absolute Gasteiger partial charge is 0.241 e. The van der Waals surface area contributed by atoms with Crippen molar-refractivity contribution in [2.45, 2.75) is 45.9 Å². The number of carbonyl (C=O) groups excluding carboxylic acids is 1. The number of likely N-dealkylation sites (N-methyl/N-ethyl adjacent to an activating group) is 1. The average Bonchev–Trinajstić information content (AvgIpc) is 2.92. The van der Waals surface area contributed by atoms with E-state index >= 15 is 0 Å². The molecule has 2 rings (SSSR count). The largest absolute Gasteiger partial charge is 0.316 e. The number of rotatable bonds is 5. The highest BCUT2D eigenvalue weighted by Gasteiger charge is 2.42. The van der Waals surface area contributed by atoms with Gasteiger partial charge in [-0.2, -0.15) is 0 Å². The van der Waals surface area contributed by atoms with E-state index < -0.39 is 0 Å². The number of hydrogen-bond acceptors (Lipinski definition) is 4. The zero-order chi connectivity index (χ0) is 15.7. The summed E-state index contributed by atoms with van der Waals surface area (Å²) in [4.78, 5) is 19.4. The topological polar surface area (TPSA) is 35.6 Å². The third-order valence-electron chi connectivity index (χ3n) is 4.02. The summed E-state index contributed by atoms with van der Waals surface area (Å²) < 4.78 is 0. The van der Waals surface area contributed by atoms with Gasteiger partial charge in [0, 0.05) is 22.3 Å². The van der Waals surface area contributed by atoms with Gasteiger partial charge >= 0.3 is 0 Å². The van der Waals surface area contributed by atoms with Crippen LogP contribution in [0.3, 0.4) is 0 Å². The fourth-order valence-corrected chi connectivity index (χ4v) is 3.85. The summed E-state index contributed by atoms with van der Waals surface area (Å²) in [6.07, 6.45) is 0.0125. The molecule has 1 amide bonds. The molecule has 5 heteroatoms. The Morgan fingerprint density at radius 3 is 2.52 bits per heavy atom. The molecule has 4 nitrogen and oxygen atoms in total. The maximum atomic E-state index is 12.7. The maximum absolute atomic E-state index is 12.7. The molecule has 1 aromatic heterocycles. The highest BCUT2D eigenvalue weighted by Crippen LogP contribution is 2.33. The lowest BCUT2D eigenvalue weighted by molar-refractivity contribution is -0.133. The molecule has 1 aliphatic heterocycles. The summed E-state index contributed by atoms with van der Waals surface area (Å²) in [5.41, 5.74) is 0. The maximum Gasteiger partial charge on any atom is 0.241 e. The summed E-state index contributed by atoms with van der Waals surface area (Å²) in [6.45, 7) is 9.35. The second kappa shape index (κ2) is 6.46.